The maximum absolute atomic E-state index is 6.11. The Morgan fingerprint density at radius 1 is 1.59 bits per heavy atom. The lowest BCUT2D eigenvalue weighted by Crippen LogP contribution is -2.40. The van der Waals surface area contributed by atoms with Crippen LogP contribution in [0.3, 0.4) is 0 Å². The summed E-state index contributed by atoms with van der Waals surface area (Å²) in [5.74, 6) is 0.772. The highest BCUT2D eigenvalue weighted by molar-refractivity contribution is 9.10. The van der Waals surface area contributed by atoms with E-state index in [1.165, 1.54) is 25.8 Å². The normalized spacial score (nSPS) is 21.5. The number of pyridine rings is 1. The molecule has 1 aromatic heterocycles. The monoisotopic (exact) mass is 317 g/mol. The van der Waals surface area contributed by atoms with Gasteiger partial charge in [-0.3, -0.25) is 0 Å². The van der Waals surface area contributed by atoms with Crippen LogP contribution < -0.4 is 5.32 Å². The van der Waals surface area contributed by atoms with E-state index in [-0.39, 0.29) is 0 Å². The molecule has 1 aliphatic heterocycles. The molecule has 2 heterocycles. The van der Waals surface area contributed by atoms with E-state index in [9.17, 15) is 0 Å². The smallest absolute Gasteiger partial charge is 0.144 e. The predicted octanol–water partition coefficient (Wildman–Crippen LogP) is 3.39. The van der Waals surface area contributed by atoms with Gasteiger partial charge in [0.05, 0.1) is 5.02 Å². The minimum Gasteiger partial charge on any atom is -0.367 e. The molecule has 0 aromatic carbocycles. The van der Waals surface area contributed by atoms with Crippen LogP contribution >= 0.6 is 27.5 Å². The van der Waals surface area contributed by atoms with E-state index in [0.717, 1.165) is 16.8 Å². The molecule has 1 atom stereocenters. The third kappa shape index (κ3) is 3.57. The zero-order valence-corrected chi connectivity index (χ0v) is 12.3. The standard InChI is InChI=1S/C12H17BrClN3/c1-17-5-3-2-4-10(17)8-16-12-11(14)6-9(13)7-15-12/h6-7,10H,2-5,8H2,1H3,(H,15,16). The summed E-state index contributed by atoms with van der Waals surface area (Å²) in [5.41, 5.74) is 0. The lowest BCUT2D eigenvalue weighted by atomic mass is 10.0. The van der Waals surface area contributed by atoms with Gasteiger partial charge in [-0.05, 0) is 48.4 Å². The molecule has 2 rings (SSSR count). The first-order chi connectivity index (χ1) is 8.16. The Bertz CT molecular complexity index is 386. The number of aromatic nitrogens is 1. The van der Waals surface area contributed by atoms with Crippen molar-refractivity contribution in [1.29, 1.82) is 0 Å². The molecule has 0 spiro atoms. The summed E-state index contributed by atoms with van der Waals surface area (Å²) in [6, 6.07) is 2.45. The van der Waals surface area contributed by atoms with Gasteiger partial charge in [-0.2, -0.15) is 0 Å². The fraction of sp³-hybridized carbons (Fsp3) is 0.583. The maximum Gasteiger partial charge on any atom is 0.144 e. The molecule has 0 radical (unpaired) electrons. The number of likely N-dealkylation sites (N-methyl/N-ethyl adjacent to an activating group) is 1. The van der Waals surface area contributed by atoms with Crippen LogP contribution in [0.4, 0.5) is 5.82 Å². The van der Waals surface area contributed by atoms with Gasteiger partial charge in [-0.1, -0.05) is 18.0 Å². The molecule has 17 heavy (non-hydrogen) atoms. The van der Waals surface area contributed by atoms with Gasteiger partial charge >= 0.3 is 0 Å². The van der Waals surface area contributed by atoms with Crippen LogP contribution in [0.5, 0.6) is 0 Å². The second kappa shape index (κ2) is 6.03. The van der Waals surface area contributed by atoms with Crippen molar-refractivity contribution in [2.75, 3.05) is 25.5 Å². The molecule has 94 valence electrons. The van der Waals surface area contributed by atoms with Crippen molar-refractivity contribution in [3.8, 4) is 0 Å². The summed E-state index contributed by atoms with van der Waals surface area (Å²) in [6.45, 7) is 2.10. The van der Waals surface area contributed by atoms with Gasteiger partial charge in [0.15, 0.2) is 0 Å². The van der Waals surface area contributed by atoms with Gasteiger partial charge in [0, 0.05) is 23.3 Å². The highest BCUT2D eigenvalue weighted by Gasteiger charge is 2.18. The highest BCUT2D eigenvalue weighted by Crippen LogP contribution is 2.23. The van der Waals surface area contributed by atoms with Crippen molar-refractivity contribution >= 4 is 33.3 Å². The quantitative estimate of drug-likeness (QED) is 0.926. The molecular formula is C12H17BrClN3. The van der Waals surface area contributed by atoms with Gasteiger partial charge < -0.3 is 10.2 Å². The number of likely N-dealkylation sites (tertiary alicyclic amines) is 1. The highest BCUT2D eigenvalue weighted by atomic mass is 79.9. The summed E-state index contributed by atoms with van der Waals surface area (Å²) < 4.78 is 0.905. The average Bonchev–Trinajstić information content (AvgIpc) is 2.30. The molecule has 1 N–H and O–H groups in total. The molecular weight excluding hydrogens is 302 g/mol. The molecule has 1 saturated heterocycles. The summed E-state index contributed by atoms with van der Waals surface area (Å²) in [4.78, 5) is 6.68. The minimum atomic E-state index is 0.588. The predicted molar refractivity (Wildman–Crippen MR) is 75.7 cm³/mol. The van der Waals surface area contributed by atoms with E-state index in [2.05, 4.69) is 38.2 Å². The Morgan fingerprint density at radius 2 is 2.41 bits per heavy atom. The topological polar surface area (TPSA) is 28.2 Å². The van der Waals surface area contributed by atoms with E-state index < -0.39 is 0 Å². The molecule has 1 aromatic rings. The number of halogens is 2. The van der Waals surface area contributed by atoms with Gasteiger partial charge in [0.1, 0.15) is 5.82 Å². The van der Waals surface area contributed by atoms with Crippen molar-refractivity contribution < 1.29 is 0 Å². The Hall–Kier alpha value is -0.320. The summed E-state index contributed by atoms with van der Waals surface area (Å²) in [7, 11) is 2.18. The van der Waals surface area contributed by atoms with Crippen molar-refractivity contribution in [1.82, 2.24) is 9.88 Å². The molecule has 0 bridgehead atoms. The Morgan fingerprint density at radius 3 is 3.12 bits per heavy atom. The Balaban J connectivity index is 1.92. The fourth-order valence-electron chi connectivity index (χ4n) is 2.16. The van der Waals surface area contributed by atoms with Crippen LogP contribution in [0.15, 0.2) is 16.7 Å². The average molecular weight is 319 g/mol. The van der Waals surface area contributed by atoms with E-state index in [1.807, 2.05) is 6.07 Å². The van der Waals surface area contributed by atoms with Crippen molar-refractivity contribution in [3.63, 3.8) is 0 Å². The van der Waals surface area contributed by atoms with E-state index in [0.29, 0.717) is 11.1 Å². The lowest BCUT2D eigenvalue weighted by Gasteiger charge is -2.32. The van der Waals surface area contributed by atoms with Crippen LogP contribution in [0, 0.1) is 0 Å². The third-order valence-electron chi connectivity index (χ3n) is 3.23. The number of nitrogens with one attached hydrogen (secondary N) is 1. The van der Waals surface area contributed by atoms with E-state index in [1.54, 1.807) is 6.20 Å². The van der Waals surface area contributed by atoms with Crippen LogP contribution in [0.25, 0.3) is 0 Å². The minimum absolute atomic E-state index is 0.588. The van der Waals surface area contributed by atoms with Crippen LogP contribution in [-0.2, 0) is 0 Å². The zero-order chi connectivity index (χ0) is 12.3. The summed E-state index contributed by atoms with van der Waals surface area (Å²) in [5, 5.41) is 4.00. The van der Waals surface area contributed by atoms with Crippen LogP contribution in [0.1, 0.15) is 19.3 Å². The lowest BCUT2D eigenvalue weighted by molar-refractivity contribution is 0.194. The number of hydrogen-bond acceptors (Lipinski definition) is 3. The van der Waals surface area contributed by atoms with Gasteiger partial charge in [-0.15, -0.1) is 0 Å². The Labute approximate surface area is 116 Å². The summed E-state index contributed by atoms with van der Waals surface area (Å²) in [6.07, 6.45) is 5.64. The maximum atomic E-state index is 6.11. The molecule has 1 fully saturated rings. The number of piperidine rings is 1. The summed E-state index contributed by atoms with van der Waals surface area (Å²) >= 11 is 9.47. The SMILES string of the molecule is CN1CCCCC1CNc1ncc(Br)cc1Cl. The van der Waals surface area contributed by atoms with Crippen molar-refractivity contribution in [3.05, 3.63) is 21.8 Å². The van der Waals surface area contributed by atoms with E-state index >= 15 is 0 Å². The molecule has 0 amide bonds. The number of hydrogen-bond donors (Lipinski definition) is 1. The second-order valence-corrected chi connectivity index (χ2v) is 5.82. The van der Waals surface area contributed by atoms with Gasteiger partial charge in [0.2, 0.25) is 0 Å². The van der Waals surface area contributed by atoms with E-state index in [4.69, 9.17) is 11.6 Å². The number of anilines is 1. The zero-order valence-electron chi connectivity index (χ0n) is 9.92. The van der Waals surface area contributed by atoms with Gasteiger partial charge in [-0.25, -0.2) is 4.98 Å². The third-order valence-corrected chi connectivity index (χ3v) is 3.96. The first-order valence-electron chi connectivity index (χ1n) is 5.92. The molecule has 1 aliphatic rings. The second-order valence-electron chi connectivity index (χ2n) is 4.50. The van der Waals surface area contributed by atoms with Crippen molar-refractivity contribution in [2.24, 2.45) is 0 Å². The molecule has 3 nitrogen and oxygen atoms in total. The Kier molecular flexibility index (Phi) is 4.65. The van der Waals surface area contributed by atoms with Crippen molar-refractivity contribution in [2.45, 2.75) is 25.3 Å². The number of rotatable bonds is 3. The van der Waals surface area contributed by atoms with Crippen LogP contribution in [-0.4, -0.2) is 36.1 Å². The van der Waals surface area contributed by atoms with Gasteiger partial charge in [0.25, 0.3) is 0 Å². The van der Waals surface area contributed by atoms with Crippen LogP contribution in [0.2, 0.25) is 5.02 Å². The fourth-order valence-corrected chi connectivity index (χ4v) is 2.86. The first-order valence-corrected chi connectivity index (χ1v) is 7.09. The number of nitrogens with zero attached hydrogens (tertiary/aromatic N) is 2. The molecule has 0 saturated carbocycles. The largest absolute Gasteiger partial charge is 0.367 e. The molecule has 0 aliphatic carbocycles. The first kappa shape index (κ1) is 13.1. The molecule has 5 heteroatoms. The molecule has 1 unspecified atom stereocenters.